The van der Waals surface area contributed by atoms with Gasteiger partial charge in [-0.05, 0) is 121 Å². The summed E-state index contributed by atoms with van der Waals surface area (Å²) in [4.78, 5) is 2.34. The van der Waals surface area contributed by atoms with E-state index in [1.807, 2.05) is 12.1 Å². The lowest BCUT2D eigenvalue weighted by Gasteiger charge is -2.26. The predicted molar refractivity (Wildman–Crippen MR) is 261 cm³/mol. The average Bonchev–Trinajstić information content (AvgIpc) is 3.80. The number of para-hydroxylation sites is 1. The summed E-state index contributed by atoms with van der Waals surface area (Å²) in [5.74, 6) is 0.859. The first-order chi connectivity index (χ1) is 30.7. The Labute approximate surface area is 362 Å². The summed E-state index contributed by atoms with van der Waals surface area (Å²) in [5, 5.41) is 3.62. The van der Waals surface area contributed by atoms with E-state index in [2.05, 4.69) is 241 Å². The van der Waals surface area contributed by atoms with Gasteiger partial charge in [0.25, 0.3) is 0 Å². The van der Waals surface area contributed by atoms with E-state index in [0.29, 0.717) is 0 Å². The molecule has 2 heteroatoms. The van der Waals surface area contributed by atoms with Crippen molar-refractivity contribution in [2.75, 3.05) is 4.90 Å². The molecule has 0 unspecified atom stereocenters. The van der Waals surface area contributed by atoms with Crippen molar-refractivity contribution >= 4 is 38.8 Å². The van der Waals surface area contributed by atoms with E-state index in [9.17, 15) is 0 Å². The van der Waals surface area contributed by atoms with Gasteiger partial charge in [0, 0.05) is 28.0 Å². The molecular weight excluding hydrogens is 751 g/mol. The van der Waals surface area contributed by atoms with Crippen LogP contribution >= 0.6 is 0 Å². The van der Waals surface area contributed by atoms with Gasteiger partial charge in [-0.2, -0.15) is 0 Å². The van der Waals surface area contributed by atoms with E-state index in [-0.39, 0.29) is 0 Å². The van der Waals surface area contributed by atoms with E-state index in [4.69, 9.17) is 4.42 Å². The zero-order valence-electron chi connectivity index (χ0n) is 34.0. The highest BCUT2D eigenvalue weighted by molar-refractivity contribution is 5.97. The van der Waals surface area contributed by atoms with Crippen molar-refractivity contribution in [1.82, 2.24) is 0 Å². The summed E-state index contributed by atoms with van der Waals surface area (Å²) < 4.78 is 6.46. The van der Waals surface area contributed by atoms with Gasteiger partial charge in [0.05, 0.1) is 0 Å². The van der Waals surface area contributed by atoms with Crippen LogP contribution in [0.25, 0.3) is 88.7 Å². The number of anilines is 3. The normalized spacial score (nSPS) is 11.2. The van der Waals surface area contributed by atoms with Crippen LogP contribution < -0.4 is 4.90 Å². The minimum atomic E-state index is 0.859. The van der Waals surface area contributed by atoms with Crippen molar-refractivity contribution in [3.63, 3.8) is 0 Å². The van der Waals surface area contributed by atoms with Crippen LogP contribution in [-0.2, 0) is 0 Å². The second-order valence-corrected chi connectivity index (χ2v) is 15.7. The maximum atomic E-state index is 6.46. The van der Waals surface area contributed by atoms with Crippen molar-refractivity contribution in [3.8, 4) is 67.0 Å². The predicted octanol–water partition coefficient (Wildman–Crippen LogP) is 17.1. The van der Waals surface area contributed by atoms with Crippen LogP contribution in [0.5, 0.6) is 0 Å². The van der Waals surface area contributed by atoms with Crippen LogP contribution in [0.15, 0.2) is 253 Å². The second-order valence-electron chi connectivity index (χ2n) is 15.7. The minimum Gasteiger partial charge on any atom is -0.456 e. The fourth-order valence-electron chi connectivity index (χ4n) is 8.72. The standard InChI is InChI=1S/C60H41NO/c1-3-12-42(13-4-1)44-26-33-52(34-27-44)61(53-35-28-45(29-36-53)43-22-24-49(25-23-43)56-20-11-18-48-16-7-9-19-55(48)56)54-37-30-46(31-38-54)50-32-39-57(47-14-5-2-6-15-47)58(40-50)60-41-51-17-8-10-21-59(51)62-60/h1-41H. The molecule has 0 fully saturated rings. The molecule has 0 radical (unpaired) electrons. The molecule has 0 aliphatic rings. The molecule has 11 aromatic rings. The first-order valence-electron chi connectivity index (χ1n) is 21.2. The summed E-state index contributed by atoms with van der Waals surface area (Å²) in [6, 6.07) is 88.9. The lowest BCUT2D eigenvalue weighted by molar-refractivity contribution is 0.632. The molecule has 2 nitrogen and oxygen atoms in total. The third kappa shape index (κ3) is 7.14. The Kier molecular flexibility index (Phi) is 9.57. The number of fused-ring (bicyclic) bond motifs is 2. The molecule has 0 N–H and O–H groups in total. The molecule has 0 spiro atoms. The topological polar surface area (TPSA) is 16.4 Å². The number of hydrogen-bond donors (Lipinski definition) is 0. The maximum absolute atomic E-state index is 6.46. The Morgan fingerprint density at radius 3 is 1.31 bits per heavy atom. The number of benzene rings is 10. The smallest absolute Gasteiger partial charge is 0.136 e. The van der Waals surface area contributed by atoms with Crippen LogP contribution in [0.2, 0.25) is 0 Å². The first-order valence-corrected chi connectivity index (χ1v) is 21.2. The molecule has 62 heavy (non-hydrogen) atoms. The van der Waals surface area contributed by atoms with Gasteiger partial charge in [-0.25, -0.2) is 0 Å². The summed E-state index contributed by atoms with van der Waals surface area (Å²) in [6.45, 7) is 0. The molecule has 0 aliphatic carbocycles. The van der Waals surface area contributed by atoms with Crippen LogP contribution in [0, 0.1) is 0 Å². The van der Waals surface area contributed by atoms with Gasteiger partial charge in [-0.3, -0.25) is 0 Å². The van der Waals surface area contributed by atoms with Crippen molar-refractivity contribution in [2.24, 2.45) is 0 Å². The number of furan rings is 1. The lowest BCUT2D eigenvalue weighted by Crippen LogP contribution is -2.09. The van der Waals surface area contributed by atoms with E-state index < -0.39 is 0 Å². The SMILES string of the molecule is c1ccc(-c2ccc(N(c3ccc(-c4ccc(-c5cccc6ccccc56)cc4)cc3)c3ccc(-c4ccc(-c5ccccc5)c(-c5cc6ccccc6o5)c4)cc3)cc2)cc1. The van der Waals surface area contributed by atoms with E-state index in [0.717, 1.165) is 61.6 Å². The third-order valence-electron chi connectivity index (χ3n) is 11.9. The van der Waals surface area contributed by atoms with Crippen LogP contribution in [0.4, 0.5) is 17.1 Å². The Bertz CT molecular complexity index is 3260. The van der Waals surface area contributed by atoms with Gasteiger partial charge in [-0.1, -0.05) is 194 Å². The highest BCUT2D eigenvalue weighted by atomic mass is 16.3. The molecule has 292 valence electrons. The van der Waals surface area contributed by atoms with Gasteiger partial charge in [-0.15, -0.1) is 0 Å². The summed E-state index contributed by atoms with van der Waals surface area (Å²) in [6.07, 6.45) is 0. The molecule has 0 amide bonds. The first kappa shape index (κ1) is 36.8. The highest BCUT2D eigenvalue weighted by Gasteiger charge is 2.17. The van der Waals surface area contributed by atoms with Gasteiger partial charge in [0.2, 0.25) is 0 Å². The summed E-state index contributed by atoms with van der Waals surface area (Å²) >= 11 is 0. The third-order valence-corrected chi connectivity index (χ3v) is 11.9. The molecular formula is C60H41NO. The average molecular weight is 792 g/mol. The Hall–Kier alpha value is -8.20. The molecule has 11 rings (SSSR count). The fraction of sp³-hybridized carbons (Fsp3) is 0. The summed E-state index contributed by atoms with van der Waals surface area (Å²) in [7, 11) is 0. The number of rotatable bonds is 9. The van der Waals surface area contributed by atoms with Crippen molar-refractivity contribution in [2.45, 2.75) is 0 Å². The highest BCUT2D eigenvalue weighted by Crippen LogP contribution is 2.41. The Morgan fingerprint density at radius 1 is 0.258 bits per heavy atom. The number of nitrogens with zero attached hydrogens (tertiary/aromatic N) is 1. The minimum absolute atomic E-state index is 0.859. The Balaban J connectivity index is 0.938. The second kappa shape index (κ2) is 16.1. The van der Waals surface area contributed by atoms with Gasteiger partial charge >= 0.3 is 0 Å². The monoisotopic (exact) mass is 791 g/mol. The lowest BCUT2D eigenvalue weighted by atomic mass is 9.93. The molecule has 10 aromatic carbocycles. The summed E-state index contributed by atoms with van der Waals surface area (Å²) in [5.41, 5.74) is 17.0. The van der Waals surface area contributed by atoms with Crippen LogP contribution in [0.1, 0.15) is 0 Å². The Morgan fingerprint density at radius 2 is 0.694 bits per heavy atom. The zero-order chi connectivity index (χ0) is 41.2. The molecule has 0 saturated heterocycles. The molecule has 1 heterocycles. The molecule has 0 atom stereocenters. The van der Waals surface area contributed by atoms with Crippen molar-refractivity contribution < 1.29 is 4.42 Å². The van der Waals surface area contributed by atoms with E-state index in [1.54, 1.807) is 0 Å². The largest absolute Gasteiger partial charge is 0.456 e. The molecule has 0 bridgehead atoms. The van der Waals surface area contributed by atoms with E-state index in [1.165, 1.54) is 44.2 Å². The number of hydrogen-bond acceptors (Lipinski definition) is 2. The van der Waals surface area contributed by atoms with E-state index >= 15 is 0 Å². The van der Waals surface area contributed by atoms with Crippen LogP contribution in [0.3, 0.4) is 0 Å². The van der Waals surface area contributed by atoms with Gasteiger partial charge in [0.1, 0.15) is 11.3 Å². The van der Waals surface area contributed by atoms with Crippen molar-refractivity contribution in [1.29, 1.82) is 0 Å². The molecule has 0 saturated carbocycles. The van der Waals surface area contributed by atoms with Crippen molar-refractivity contribution in [3.05, 3.63) is 249 Å². The maximum Gasteiger partial charge on any atom is 0.136 e. The zero-order valence-corrected chi connectivity index (χ0v) is 34.0. The van der Waals surface area contributed by atoms with Gasteiger partial charge in [0.15, 0.2) is 0 Å². The quantitative estimate of drug-likeness (QED) is 0.145. The van der Waals surface area contributed by atoms with Gasteiger partial charge < -0.3 is 9.32 Å². The van der Waals surface area contributed by atoms with Crippen LogP contribution in [-0.4, -0.2) is 0 Å². The molecule has 1 aromatic heterocycles. The molecule has 0 aliphatic heterocycles. The fourth-order valence-corrected chi connectivity index (χ4v) is 8.72.